The van der Waals surface area contributed by atoms with Gasteiger partial charge in [0, 0.05) is 11.0 Å². The highest BCUT2D eigenvalue weighted by molar-refractivity contribution is 9.10. The molecule has 0 atom stereocenters. The van der Waals surface area contributed by atoms with E-state index in [9.17, 15) is 0 Å². The predicted octanol–water partition coefficient (Wildman–Crippen LogP) is 2.51. The molecule has 0 aliphatic heterocycles. The highest BCUT2D eigenvalue weighted by Gasteiger charge is 2.09. The van der Waals surface area contributed by atoms with Gasteiger partial charge in [0.05, 0.1) is 14.2 Å². The lowest BCUT2D eigenvalue weighted by molar-refractivity contribution is 0.354. The van der Waals surface area contributed by atoms with Gasteiger partial charge in [-0.2, -0.15) is 0 Å². The number of nitrogens with zero attached hydrogens (tertiary/aromatic N) is 1. The summed E-state index contributed by atoms with van der Waals surface area (Å²) in [5.41, 5.74) is 1.17. The molecule has 0 spiro atoms. The Morgan fingerprint density at radius 2 is 1.79 bits per heavy atom. The number of ether oxygens (including phenoxy) is 2. The van der Waals surface area contributed by atoms with Crippen molar-refractivity contribution in [3.05, 3.63) is 22.2 Å². The van der Waals surface area contributed by atoms with Crippen molar-refractivity contribution < 1.29 is 9.47 Å². The molecule has 4 nitrogen and oxygen atoms in total. The van der Waals surface area contributed by atoms with E-state index in [2.05, 4.69) is 40.2 Å². The fourth-order valence-electron chi connectivity index (χ4n) is 1.78. The number of hydrogen-bond donors (Lipinski definition) is 1. The van der Waals surface area contributed by atoms with Crippen LogP contribution in [0.3, 0.4) is 0 Å². The van der Waals surface area contributed by atoms with E-state index in [1.807, 2.05) is 12.1 Å². The number of benzene rings is 1. The van der Waals surface area contributed by atoms with Crippen LogP contribution in [0.25, 0.3) is 0 Å². The number of methoxy groups -OCH3 is 2. The van der Waals surface area contributed by atoms with E-state index in [-0.39, 0.29) is 0 Å². The van der Waals surface area contributed by atoms with Crippen LogP contribution in [0.5, 0.6) is 11.5 Å². The third-order valence-corrected chi connectivity index (χ3v) is 3.57. The summed E-state index contributed by atoms with van der Waals surface area (Å²) in [6.45, 7) is 2.91. The van der Waals surface area contributed by atoms with Crippen molar-refractivity contribution in [1.82, 2.24) is 10.2 Å². The summed E-state index contributed by atoms with van der Waals surface area (Å²) in [5.74, 6) is 1.50. The number of nitrogens with one attached hydrogen (secondary N) is 1. The van der Waals surface area contributed by atoms with Crippen LogP contribution in [0.2, 0.25) is 0 Å². The minimum atomic E-state index is 0.741. The largest absolute Gasteiger partial charge is 0.493 e. The molecule has 0 bridgehead atoms. The van der Waals surface area contributed by atoms with Crippen molar-refractivity contribution >= 4 is 15.9 Å². The van der Waals surface area contributed by atoms with Crippen molar-refractivity contribution in [2.24, 2.45) is 0 Å². The summed E-state index contributed by atoms with van der Waals surface area (Å²) in [4.78, 5) is 2.19. The normalized spacial score (nSPS) is 10.8. The van der Waals surface area contributed by atoms with Gasteiger partial charge in [0.1, 0.15) is 0 Å². The first-order valence-electron chi connectivity index (χ1n) is 6.34. The smallest absolute Gasteiger partial charge is 0.161 e. The van der Waals surface area contributed by atoms with Gasteiger partial charge < -0.3 is 19.7 Å². The standard InChI is InChI=1S/C14H23BrN2O2/c1-17(2)7-5-6-16-10-11-8-13(18-3)14(19-4)9-12(11)15/h8-9,16H,5-7,10H2,1-4H3. The molecule has 1 aromatic rings. The summed E-state index contributed by atoms with van der Waals surface area (Å²) >= 11 is 3.56. The lowest BCUT2D eigenvalue weighted by atomic mass is 10.2. The summed E-state index contributed by atoms with van der Waals surface area (Å²) in [5, 5.41) is 3.43. The molecular formula is C14H23BrN2O2. The Morgan fingerprint density at radius 1 is 1.16 bits per heavy atom. The molecule has 0 unspecified atom stereocenters. The zero-order valence-corrected chi connectivity index (χ0v) is 13.7. The molecule has 1 rings (SSSR count). The molecule has 108 valence electrons. The molecule has 0 saturated carbocycles. The Kier molecular flexibility index (Phi) is 7.20. The molecule has 0 aromatic heterocycles. The van der Waals surface area contributed by atoms with Crippen LogP contribution < -0.4 is 14.8 Å². The topological polar surface area (TPSA) is 33.7 Å². The Labute approximate surface area is 124 Å². The second kappa shape index (κ2) is 8.40. The SMILES string of the molecule is COc1cc(Br)c(CNCCCN(C)C)cc1OC. The van der Waals surface area contributed by atoms with E-state index < -0.39 is 0 Å². The minimum Gasteiger partial charge on any atom is -0.493 e. The first kappa shape index (κ1) is 16.3. The fraction of sp³-hybridized carbons (Fsp3) is 0.571. The zero-order valence-electron chi connectivity index (χ0n) is 12.1. The average Bonchev–Trinajstić information content (AvgIpc) is 2.39. The van der Waals surface area contributed by atoms with Gasteiger partial charge in [-0.3, -0.25) is 0 Å². The van der Waals surface area contributed by atoms with Crippen LogP contribution in [0.4, 0.5) is 0 Å². The summed E-state index contributed by atoms with van der Waals surface area (Å²) in [7, 11) is 7.47. The van der Waals surface area contributed by atoms with Crippen molar-refractivity contribution in [3.63, 3.8) is 0 Å². The van der Waals surface area contributed by atoms with E-state index in [0.29, 0.717) is 0 Å². The van der Waals surface area contributed by atoms with Gasteiger partial charge >= 0.3 is 0 Å². The molecular weight excluding hydrogens is 308 g/mol. The second-order valence-electron chi connectivity index (χ2n) is 4.63. The van der Waals surface area contributed by atoms with Crippen LogP contribution in [0.1, 0.15) is 12.0 Å². The number of hydrogen-bond acceptors (Lipinski definition) is 4. The van der Waals surface area contributed by atoms with E-state index >= 15 is 0 Å². The maximum Gasteiger partial charge on any atom is 0.161 e. The maximum absolute atomic E-state index is 5.31. The Bertz CT molecular complexity index is 397. The monoisotopic (exact) mass is 330 g/mol. The summed E-state index contributed by atoms with van der Waals surface area (Å²) in [6.07, 6.45) is 1.14. The molecule has 0 heterocycles. The van der Waals surface area contributed by atoms with Crippen LogP contribution >= 0.6 is 15.9 Å². The minimum absolute atomic E-state index is 0.741. The predicted molar refractivity (Wildman–Crippen MR) is 82.1 cm³/mol. The van der Waals surface area contributed by atoms with Crippen molar-refractivity contribution in [1.29, 1.82) is 0 Å². The fourth-order valence-corrected chi connectivity index (χ4v) is 2.24. The Hall–Kier alpha value is -0.780. The second-order valence-corrected chi connectivity index (χ2v) is 5.49. The highest BCUT2D eigenvalue weighted by atomic mass is 79.9. The summed E-state index contributed by atoms with van der Waals surface area (Å²) < 4.78 is 11.6. The zero-order chi connectivity index (χ0) is 14.3. The molecule has 0 radical (unpaired) electrons. The van der Waals surface area contributed by atoms with E-state index in [1.165, 1.54) is 5.56 Å². The molecule has 5 heteroatoms. The first-order chi connectivity index (χ1) is 9.08. The molecule has 0 amide bonds. The Morgan fingerprint density at radius 3 is 2.37 bits per heavy atom. The molecule has 0 fully saturated rings. The van der Waals surface area contributed by atoms with Crippen LogP contribution in [-0.2, 0) is 6.54 Å². The van der Waals surface area contributed by atoms with Gasteiger partial charge in [-0.25, -0.2) is 0 Å². The van der Waals surface area contributed by atoms with E-state index in [0.717, 1.165) is 42.0 Å². The lowest BCUT2D eigenvalue weighted by Gasteiger charge is -2.13. The van der Waals surface area contributed by atoms with Crippen molar-refractivity contribution in [2.45, 2.75) is 13.0 Å². The first-order valence-corrected chi connectivity index (χ1v) is 7.13. The quantitative estimate of drug-likeness (QED) is 0.742. The Balaban J connectivity index is 2.53. The van der Waals surface area contributed by atoms with Gasteiger partial charge in [0.2, 0.25) is 0 Å². The highest BCUT2D eigenvalue weighted by Crippen LogP contribution is 2.33. The number of rotatable bonds is 8. The third kappa shape index (κ3) is 5.38. The molecule has 0 saturated heterocycles. The van der Waals surface area contributed by atoms with Crippen LogP contribution in [0, 0.1) is 0 Å². The van der Waals surface area contributed by atoms with E-state index in [1.54, 1.807) is 14.2 Å². The van der Waals surface area contributed by atoms with Crippen molar-refractivity contribution in [2.75, 3.05) is 41.4 Å². The molecule has 1 aromatic carbocycles. The third-order valence-electron chi connectivity index (χ3n) is 2.83. The van der Waals surface area contributed by atoms with E-state index in [4.69, 9.17) is 9.47 Å². The summed E-state index contributed by atoms with van der Waals surface area (Å²) in [6, 6.07) is 3.94. The molecule has 0 aliphatic rings. The lowest BCUT2D eigenvalue weighted by Crippen LogP contribution is -2.21. The molecule has 19 heavy (non-hydrogen) atoms. The van der Waals surface area contributed by atoms with Crippen molar-refractivity contribution in [3.8, 4) is 11.5 Å². The van der Waals surface area contributed by atoms with Gasteiger partial charge in [0.15, 0.2) is 11.5 Å². The van der Waals surface area contributed by atoms with Gasteiger partial charge in [-0.05, 0) is 51.3 Å². The van der Waals surface area contributed by atoms with Gasteiger partial charge in [-0.15, -0.1) is 0 Å². The molecule has 1 N–H and O–H groups in total. The maximum atomic E-state index is 5.31. The number of halogens is 1. The average molecular weight is 331 g/mol. The molecule has 0 aliphatic carbocycles. The van der Waals surface area contributed by atoms with Crippen LogP contribution in [-0.4, -0.2) is 46.3 Å². The van der Waals surface area contributed by atoms with Gasteiger partial charge in [-0.1, -0.05) is 15.9 Å². The van der Waals surface area contributed by atoms with Crippen LogP contribution in [0.15, 0.2) is 16.6 Å². The van der Waals surface area contributed by atoms with Gasteiger partial charge in [0.25, 0.3) is 0 Å².